The maximum absolute atomic E-state index is 12.8. The van der Waals surface area contributed by atoms with Gasteiger partial charge in [0.05, 0.1) is 40.8 Å². The average molecular weight is 468 g/mol. The van der Waals surface area contributed by atoms with E-state index in [4.69, 9.17) is 4.74 Å². The fourth-order valence-corrected chi connectivity index (χ4v) is 4.43. The first-order valence-corrected chi connectivity index (χ1v) is 11.0. The van der Waals surface area contributed by atoms with E-state index < -0.39 is 0 Å². The summed E-state index contributed by atoms with van der Waals surface area (Å²) in [6, 6.07) is 5.97. The number of nitrogens with zero attached hydrogens (tertiary/aromatic N) is 5. The van der Waals surface area contributed by atoms with Crippen LogP contribution in [0, 0.1) is 0 Å². The summed E-state index contributed by atoms with van der Waals surface area (Å²) >= 11 is 0. The van der Waals surface area contributed by atoms with Crippen LogP contribution in [0.2, 0.25) is 0 Å². The molecular formula is C23H26FN7O3. The quantitative estimate of drug-likeness (QED) is 0.480. The van der Waals surface area contributed by atoms with E-state index in [9.17, 15) is 9.32 Å². The van der Waals surface area contributed by atoms with Crippen molar-refractivity contribution >= 4 is 23.1 Å². The van der Waals surface area contributed by atoms with Crippen molar-refractivity contribution in [1.29, 1.82) is 0 Å². The number of H-pyrrole nitrogens is 2. The van der Waals surface area contributed by atoms with E-state index in [0.29, 0.717) is 24.5 Å². The lowest BCUT2D eigenvalue weighted by Gasteiger charge is -2.23. The van der Waals surface area contributed by atoms with Crippen LogP contribution in [-0.2, 0) is 25.1 Å². The summed E-state index contributed by atoms with van der Waals surface area (Å²) in [6.07, 6.45) is 5.24. The highest BCUT2D eigenvalue weighted by molar-refractivity contribution is 5.93. The Bertz CT molecular complexity index is 1410. The van der Waals surface area contributed by atoms with Gasteiger partial charge in [-0.15, -0.1) is 0 Å². The van der Waals surface area contributed by atoms with Crippen molar-refractivity contribution in [2.24, 2.45) is 7.05 Å². The van der Waals surface area contributed by atoms with Crippen LogP contribution in [-0.4, -0.2) is 61.0 Å². The summed E-state index contributed by atoms with van der Waals surface area (Å²) in [7, 11) is 3.80. The molecular weight excluding hydrogens is 441 g/mol. The van der Waals surface area contributed by atoms with Crippen LogP contribution in [0.3, 0.4) is 0 Å². The van der Waals surface area contributed by atoms with Gasteiger partial charge in [0, 0.05) is 25.5 Å². The highest BCUT2D eigenvalue weighted by Gasteiger charge is 2.20. The highest BCUT2D eigenvalue weighted by Crippen LogP contribution is 2.33. The normalized spacial score (nSPS) is 17.7. The molecule has 10 nitrogen and oxygen atoms in total. The van der Waals surface area contributed by atoms with Crippen LogP contribution in [0.1, 0.15) is 23.9 Å². The van der Waals surface area contributed by atoms with Crippen LogP contribution >= 0.6 is 0 Å². The van der Waals surface area contributed by atoms with Gasteiger partial charge in [0.2, 0.25) is 5.88 Å². The van der Waals surface area contributed by atoms with Gasteiger partial charge < -0.3 is 4.74 Å². The Morgan fingerprint density at radius 2 is 2.15 bits per heavy atom. The van der Waals surface area contributed by atoms with Gasteiger partial charge in [0.25, 0.3) is 5.56 Å². The fraction of sp³-hybridized carbons (Fsp3) is 0.348. The predicted octanol–water partition coefficient (Wildman–Crippen LogP) is 2.74. The van der Waals surface area contributed by atoms with Crippen LogP contribution in [0.25, 0.3) is 34.2 Å². The van der Waals surface area contributed by atoms with Crippen molar-refractivity contribution in [1.82, 2.24) is 34.7 Å². The van der Waals surface area contributed by atoms with Crippen molar-refractivity contribution in [3.05, 3.63) is 51.7 Å². The summed E-state index contributed by atoms with van der Waals surface area (Å²) in [4.78, 5) is 18.6. The van der Waals surface area contributed by atoms with Crippen LogP contribution in [0.15, 0.2) is 29.2 Å². The Labute approximate surface area is 194 Å². The van der Waals surface area contributed by atoms with Gasteiger partial charge >= 0.3 is 0 Å². The zero-order valence-corrected chi connectivity index (χ0v) is 19.2. The second kappa shape index (κ2) is 8.92. The molecule has 0 fully saturated rings. The van der Waals surface area contributed by atoms with Crippen molar-refractivity contribution < 1.29 is 14.2 Å². The maximum Gasteiger partial charge on any atom is 0.271 e. The molecule has 178 valence electrons. The highest BCUT2D eigenvalue weighted by atomic mass is 19.3. The van der Waals surface area contributed by atoms with E-state index >= 15 is 0 Å². The van der Waals surface area contributed by atoms with Gasteiger partial charge in [0.15, 0.2) is 0 Å². The summed E-state index contributed by atoms with van der Waals surface area (Å²) in [5, 5.41) is 15.6. The molecule has 0 aliphatic carbocycles. The van der Waals surface area contributed by atoms with Crippen molar-refractivity contribution in [3.63, 3.8) is 0 Å². The third-order valence-electron chi connectivity index (χ3n) is 6.01. The first-order valence-electron chi connectivity index (χ1n) is 11.0. The Kier molecular flexibility index (Phi) is 5.80. The zero-order valence-electron chi connectivity index (χ0n) is 19.2. The number of likely N-dealkylation sites (N-methyl/N-ethyl adjacent to an activating group) is 1. The molecule has 0 spiro atoms. The van der Waals surface area contributed by atoms with Crippen LogP contribution in [0.4, 0.5) is 4.53 Å². The number of ether oxygens (including phenoxy) is 1. The number of benzene rings is 1. The number of aryl methyl sites for hydroxylation is 1. The van der Waals surface area contributed by atoms with Crippen molar-refractivity contribution in [2.75, 3.05) is 20.2 Å². The topological polar surface area (TPSA) is 106 Å². The number of aromatic nitrogens is 6. The fourth-order valence-electron chi connectivity index (χ4n) is 4.43. The molecule has 2 bridgehead atoms. The lowest BCUT2D eigenvalue weighted by Crippen LogP contribution is -2.32. The molecule has 1 aromatic carbocycles. The second-order valence-electron chi connectivity index (χ2n) is 8.58. The smallest absolute Gasteiger partial charge is 0.271 e. The molecule has 1 aliphatic heterocycles. The van der Waals surface area contributed by atoms with Crippen LogP contribution < -0.4 is 10.3 Å². The molecule has 0 saturated carbocycles. The van der Waals surface area contributed by atoms with Gasteiger partial charge in [-0.3, -0.25) is 24.6 Å². The van der Waals surface area contributed by atoms with Gasteiger partial charge in [-0.25, -0.2) is 4.68 Å². The molecule has 2 N–H and O–H groups in total. The summed E-state index contributed by atoms with van der Waals surface area (Å²) in [5.74, 6) is 0.676. The zero-order chi connectivity index (χ0) is 23.8. The molecule has 4 aromatic rings. The largest absolute Gasteiger partial charge is 0.473 e. The number of hydrogen-bond donors (Lipinski definition) is 2. The first kappa shape index (κ1) is 22.1. The van der Waals surface area contributed by atoms with Gasteiger partial charge in [0.1, 0.15) is 12.7 Å². The Morgan fingerprint density at radius 3 is 2.97 bits per heavy atom. The molecule has 11 heteroatoms. The summed E-state index contributed by atoms with van der Waals surface area (Å²) in [5.41, 5.74) is 4.40. The van der Waals surface area contributed by atoms with Crippen LogP contribution in [0.5, 0.6) is 5.88 Å². The summed E-state index contributed by atoms with van der Waals surface area (Å²) in [6.45, 7) is 3.05. The molecule has 5 rings (SSSR count). The van der Waals surface area contributed by atoms with E-state index in [1.54, 1.807) is 21.6 Å². The van der Waals surface area contributed by atoms with E-state index in [1.807, 2.05) is 45.3 Å². The Balaban J connectivity index is 1.66. The van der Waals surface area contributed by atoms with E-state index in [-0.39, 0.29) is 24.8 Å². The second-order valence-corrected chi connectivity index (χ2v) is 8.58. The maximum atomic E-state index is 12.8. The van der Waals surface area contributed by atoms with E-state index in [2.05, 4.69) is 30.2 Å². The SMILES string of the molecule is CC1CN(C)Cc2c(c(=O)[nH]n2CCOF)/C=C/c2[nH]nc3ccc(cc23)-c2cnn(C)c2O1. The molecule has 3 aromatic heterocycles. The molecule has 0 amide bonds. The molecule has 1 aliphatic rings. The van der Waals surface area contributed by atoms with Gasteiger partial charge in [-0.05, 0) is 48.3 Å². The third-order valence-corrected chi connectivity index (χ3v) is 6.01. The molecule has 1 atom stereocenters. The Hall–Kier alpha value is -3.70. The number of halogens is 1. The molecule has 34 heavy (non-hydrogen) atoms. The lowest BCUT2D eigenvalue weighted by atomic mass is 10.1. The lowest BCUT2D eigenvalue weighted by molar-refractivity contribution is -0.135. The van der Waals surface area contributed by atoms with Gasteiger partial charge in [-0.2, -0.15) is 15.1 Å². The van der Waals surface area contributed by atoms with Crippen molar-refractivity contribution in [3.8, 4) is 17.0 Å². The van der Waals surface area contributed by atoms with Gasteiger partial charge in [-0.1, -0.05) is 6.07 Å². The average Bonchev–Trinajstić information content (AvgIpc) is 3.46. The standard InChI is InChI=1S/C23H26FN7O3/c1-14-12-29(2)13-21-16(22(32)28-31(21)8-9-33-24)5-7-20-17-10-15(4-6-19(17)26-27-20)18-11-25-30(3)23(18)34-14/h4-7,10-11,14H,8-9,12-13H2,1-3H3,(H,26,27)(H,28,32)/b7-5+. The number of aromatic amines is 2. The predicted molar refractivity (Wildman–Crippen MR) is 126 cm³/mol. The first-order chi connectivity index (χ1) is 16.4. The Morgan fingerprint density at radius 1 is 1.29 bits per heavy atom. The minimum atomic E-state index is -0.255. The molecule has 0 saturated heterocycles. The molecule has 0 radical (unpaired) electrons. The molecule has 4 heterocycles. The number of fused-ring (bicyclic) bond motifs is 4. The number of nitrogens with one attached hydrogen (secondary N) is 2. The number of hydrogen-bond acceptors (Lipinski definition) is 6. The monoisotopic (exact) mass is 467 g/mol. The third kappa shape index (κ3) is 4.03. The van der Waals surface area contributed by atoms with Crippen molar-refractivity contribution in [2.45, 2.75) is 26.1 Å². The molecule has 1 unspecified atom stereocenters. The minimum absolute atomic E-state index is 0.162. The minimum Gasteiger partial charge on any atom is -0.473 e. The number of rotatable bonds is 3. The van der Waals surface area contributed by atoms with E-state index in [1.165, 1.54) is 0 Å². The van der Waals surface area contributed by atoms with E-state index in [0.717, 1.165) is 33.4 Å². The summed E-state index contributed by atoms with van der Waals surface area (Å²) < 4.78 is 22.1.